The Kier molecular flexibility index (Phi) is 5.12. The van der Waals surface area contributed by atoms with Crippen molar-refractivity contribution in [2.45, 2.75) is 71.7 Å². The highest BCUT2D eigenvalue weighted by atomic mass is 16.5. The molecule has 0 saturated heterocycles. The second kappa shape index (κ2) is 6.69. The molecule has 1 amide bonds. The van der Waals surface area contributed by atoms with E-state index in [4.69, 9.17) is 4.74 Å². The molecule has 0 spiro atoms. The normalized spacial score (nSPS) is 18.2. The van der Waals surface area contributed by atoms with E-state index < -0.39 is 0 Å². The standard InChI is InChI=1S/C18H28N2O2/c1-6-12(2)20-17(21)13(3)19-11-14-7-8-16-15(9-14)10-18(4,5)22-16/h7-9,12-13,19H,6,10-11H2,1-5H3,(H,20,21). The molecular formula is C18H28N2O2. The van der Waals surface area contributed by atoms with Crippen LogP contribution in [0.5, 0.6) is 5.75 Å². The smallest absolute Gasteiger partial charge is 0.237 e. The third-order valence-corrected chi connectivity index (χ3v) is 4.13. The second-order valence-electron chi connectivity index (χ2n) is 6.90. The molecule has 2 atom stereocenters. The van der Waals surface area contributed by atoms with Gasteiger partial charge in [-0.15, -0.1) is 0 Å². The van der Waals surface area contributed by atoms with Gasteiger partial charge in [0.05, 0.1) is 6.04 Å². The van der Waals surface area contributed by atoms with Gasteiger partial charge in [0.25, 0.3) is 0 Å². The Bertz CT molecular complexity index is 540. The molecule has 1 aromatic rings. The lowest BCUT2D eigenvalue weighted by Crippen LogP contribution is -2.45. The number of carbonyl (C=O) groups excluding carboxylic acids is 1. The van der Waals surface area contributed by atoms with Crippen LogP contribution in [0.2, 0.25) is 0 Å². The Morgan fingerprint density at radius 2 is 2.09 bits per heavy atom. The zero-order chi connectivity index (χ0) is 16.3. The molecule has 0 aromatic heterocycles. The Balaban J connectivity index is 1.89. The maximum Gasteiger partial charge on any atom is 0.237 e. The van der Waals surface area contributed by atoms with E-state index in [2.05, 4.69) is 43.5 Å². The molecule has 0 radical (unpaired) electrons. The molecule has 1 aliphatic rings. The molecule has 122 valence electrons. The van der Waals surface area contributed by atoms with Crippen LogP contribution >= 0.6 is 0 Å². The lowest BCUT2D eigenvalue weighted by Gasteiger charge is -2.17. The van der Waals surface area contributed by atoms with Gasteiger partial charge in [-0.05, 0) is 51.3 Å². The molecule has 0 fully saturated rings. The molecule has 1 heterocycles. The summed E-state index contributed by atoms with van der Waals surface area (Å²) in [4.78, 5) is 12.0. The van der Waals surface area contributed by atoms with Gasteiger partial charge in [0.2, 0.25) is 5.91 Å². The molecule has 4 heteroatoms. The molecular weight excluding hydrogens is 276 g/mol. The lowest BCUT2D eigenvalue weighted by molar-refractivity contribution is -0.123. The van der Waals surface area contributed by atoms with Gasteiger partial charge >= 0.3 is 0 Å². The van der Waals surface area contributed by atoms with Crippen molar-refractivity contribution >= 4 is 5.91 Å². The van der Waals surface area contributed by atoms with E-state index in [1.54, 1.807) is 0 Å². The van der Waals surface area contributed by atoms with Gasteiger partial charge in [-0.25, -0.2) is 0 Å². The molecule has 1 aromatic carbocycles. The molecule has 2 N–H and O–H groups in total. The number of fused-ring (bicyclic) bond motifs is 1. The first-order valence-electron chi connectivity index (χ1n) is 8.15. The van der Waals surface area contributed by atoms with Crippen molar-refractivity contribution in [1.29, 1.82) is 0 Å². The van der Waals surface area contributed by atoms with E-state index in [1.165, 1.54) is 11.1 Å². The fourth-order valence-corrected chi connectivity index (χ4v) is 2.61. The molecule has 22 heavy (non-hydrogen) atoms. The third-order valence-electron chi connectivity index (χ3n) is 4.13. The molecule has 0 bridgehead atoms. The lowest BCUT2D eigenvalue weighted by atomic mass is 10.00. The number of benzene rings is 1. The summed E-state index contributed by atoms with van der Waals surface area (Å²) >= 11 is 0. The fraction of sp³-hybridized carbons (Fsp3) is 0.611. The highest BCUT2D eigenvalue weighted by Gasteiger charge is 2.29. The van der Waals surface area contributed by atoms with E-state index in [0.29, 0.717) is 6.54 Å². The number of nitrogens with one attached hydrogen (secondary N) is 2. The third kappa shape index (κ3) is 4.23. The number of hydrogen-bond donors (Lipinski definition) is 2. The molecule has 2 rings (SSSR count). The largest absolute Gasteiger partial charge is 0.487 e. The Morgan fingerprint density at radius 1 is 1.36 bits per heavy atom. The van der Waals surface area contributed by atoms with E-state index in [1.807, 2.05) is 19.9 Å². The minimum absolute atomic E-state index is 0.0555. The summed E-state index contributed by atoms with van der Waals surface area (Å²) in [5.74, 6) is 1.04. The molecule has 4 nitrogen and oxygen atoms in total. The predicted molar refractivity (Wildman–Crippen MR) is 89.1 cm³/mol. The Morgan fingerprint density at radius 3 is 2.77 bits per heavy atom. The number of rotatable bonds is 6. The van der Waals surface area contributed by atoms with Crippen LogP contribution in [0.1, 0.15) is 52.2 Å². The topological polar surface area (TPSA) is 50.4 Å². The van der Waals surface area contributed by atoms with Gasteiger partial charge in [-0.1, -0.05) is 19.1 Å². The van der Waals surface area contributed by atoms with Crippen LogP contribution in [-0.2, 0) is 17.8 Å². The van der Waals surface area contributed by atoms with Crippen molar-refractivity contribution in [3.63, 3.8) is 0 Å². The maximum atomic E-state index is 12.0. The highest BCUT2D eigenvalue weighted by molar-refractivity contribution is 5.81. The number of amides is 1. The van der Waals surface area contributed by atoms with Gasteiger partial charge in [0.1, 0.15) is 11.4 Å². The van der Waals surface area contributed by atoms with Crippen molar-refractivity contribution in [2.75, 3.05) is 0 Å². The first-order chi connectivity index (χ1) is 10.3. The second-order valence-corrected chi connectivity index (χ2v) is 6.90. The first-order valence-corrected chi connectivity index (χ1v) is 8.15. The van der Waals surface area contributed by atoms with Crippen LogP contribution in [0.3, 0.4) is 0 Å². The predicted octanol–water partition coefficient (Wildman–Crippen LogP) is 2.79. The van der Waals surface area contributed by atoms with Crippen molar-refractivity contribution in [3.8, 4) is 5.75 Å². The quantitative estimate of drug-likeness (QED) is 0.849. The average molecular weight is 304 g/mol. The van der Waals surface area contributed by atoms with E-state index in [-0.39, 0.29) is 23.6 Å². The van der Waals surface area contributed by atoms with E-state index in [9.17, 15) is 4.79 Å². The molecule has 0 aliphatic carbocycles. The summed E-state index contributed by atoms with van der Waals surface area (Å²) in [7, 11) is 0. The summed E-state index contributed by atoms with van der Waals surface area (Å²) in [6.45, 7) is 10.9. The maximum absolute atomic E-state index is 12.0. The zero-order valence-corrected chi connectivity index (χ0v) is 14.3. The van der Waals surface area contributed by atoms with Gasteiger partial charge in [0.15, 0.2) is 0 Å². The van der Waals surface area contributed by atoms with Gasteiger partial charge in [0, 0.05) is 19.0 Å². The van der Waals surface area contributed by atoms with Gasteiger partial charge in [-0.2, -0.15) is 0 Å². The number of hydrogen-bond acceptors (Lipinski definition) is 3. The van der Waals surface area contributed by atoms with Gasteiger partial charge in [-0.3, -0.25) is 4.79 Å². The SMILES string of the molecule is CCC(C)NC(=O)C(C)NCc1ccc2c(c1)CC(C)(C)O2. The van der Waals surface area contributed by atoms with Crippen molar-refractivity contribution in [2.24, 2.45) is 0 Å². The Hall–Kier alpha value is -1.55. The van der Waals surface area contributed by atoms with Gasteiger partial charge < -0.3 is 15.4 Å². The first kappa shape index (κ1) is 16.8. The van der Waals surface area contributed by atoms with Crippen molar-refractivity contribution in [1.82, 2.24) is 10.6 Å². The van der Waals surface area contributed by atoms with Crippen LogP contribution in [-0.4, -0.2) is 23.6 Å². The molecule has 1 aliphatic heterocycles. The number of carbonyl (C=O) groups is 1. The minimum Gasteiger partial charge on any atom is -0.487 e. The summed E-state index contributed by atoms with van der Waals surface area (Å²) in [5, 5.41) is 6.28. The van der Waals surface area contributed by atoms with Crippen LogP contribution < -0.4 is 15.4 Å². The molecule has 0 saturated carbocycles. The van der Waals surface area contributed by atoms with Crippen molar-refractivity contribution in [3.05, 3.63) is 29.3 Å². The van der Waals surface area contributed by atoms with Crippen LogP contribution in [0, 0.1) is 0 Å². The summed E-state index contributed by atoms with van der Waals surface area (Å²) in [6, 6.07) is 6.29. The number of ether oxygens (including phenoxy) is 1. The highest BCUT2D eigenvalue weighted by Crippen LogP contribution is 2.35. The monoisotopic (exact) mass is 304 g/mol. The summed E-state index contributed by atoms with van der Waals surface area (Å²) in [6.07, 6.45) is 1.87. The van der Waals surface area contributed by atoms with Crippen LogP contribution in [0.15, 0.2) is 18.2 Å². The zero-order valence-electron chi connectivity index (χ0n) is 14.3. The summed E-state index contributed by atoms with van der Waals surface area (Å²) in [5.41, 5.74) is 2.32. The Labute approximate surface area is 133 Å². The van der Waals surface area contributed by atoms with E-state index in [0.717, 1.165) is 18.6 Å². The van der Waals surface area contributed by atoms with Crippen LogP contribution in [0.4, 0.5) is 0 Å². The fourth-order valence-electron chi connectivity index (χ4n) is 2.61. The van der Waals surface area contributed by atoms with Crippen LogP contribution in [0.25, 0.3) is 0 Å². The summed E-state index contributed by atoms with van der Waals surface area (Å²) < 4.78 is 5.88. The minimum atomic E-state index is -0.199. The van der Waals surface area contributed by atoms with Crippen molar-refractivity contribution < 1.29 is 9.53 Å². The van der Waals surface area contributed by atoms with E-state index >= 15 is 0 Å². The average Bonchev–Trinajstić information content (AvgIpc) is 2.77. The molecule has 2 unspecified atom stereocenters.